The largest absolute Gasteiger partial charge is 0.465 e. The summed E-state index contributed by atoms with van der Waals surface area (Å²) in [7, 11) is 0. The third kappa shape index (κ3) is 3.94. The highest BCUT2D eigenvalue weighted by atomic mass is 16.6. The maximum atomic E-state index is 12.4. The molecule has 0 spiro atoms. The van der Waals surface area contributed by atoms with Gasteiger partial charge >= 0.3 is 11.9 Å². The molecule has 0 bridgehead atoms. The predicted molar refractivity (Wildman–Crippen MR) is 98.3 cm³/mol. The van der Waals surface area contributed by atoms with Crippen LogP contribution >= 0.6 is 0 Å². The van der Waals surface area contributed by atoms with Gasteiger partial charge in [-0.1, -0.05) is 6.92 Å². The smallest absolute Gasteiger partial charge is 0.309 e. The molecule has 28 heavy (non-hydrogen) atoms. The molecule has 6 atom stereocenters. The molecule has 2 saturated heterocycles. The zero-order chi connectivity index (χ0) is 20.2. The number of carbonyl (C=O) groups is 2. The number of rotatable bonds is 7. The second-order valence-corrected chi connectivity index (χ2v) is 9.97. The van der Waals surface area contributed by atoms with Crippen LogP contribution in [0.25, 0.3) is 0 Å². The SMILES string of the molecule is CC(CO)(COC(=O)C1CCC2(C)OC2C1)COC(=O)C1CCC2(C)OC2C1. The molecule has 0 aromatic heterocycles. The summed E-state index contributed by atoms with van der Waals surface area (Å²) >= 11 is 0. The number of aliphatic hydroxyl groups is 1. The normalized spacial score (nSPS) is 43.1. The molecule has 2 heterocycles. The van der Waals surface area contributed by atoms with Crippen molar-refractivity contribution < 1.29 is 33.6 Å². The van der Waals surface area contributed by atoms with Crippen molar-refractivity contribution >= 4 is 11.9 Å². The number of hydrogen-bond donors (Lipinski definition) is 1. The summed E-state index contributed by atoms with van der Waals surface area (Å²) in [5.74, 6) is -0.802. The van der Waals surface area contributed by atoms with Crippen LogP contribution < -0.4 is 0 Å². The summed E-state index contributed by atoms with van der Waals surface area (Å²) < 4.78 is 22.2. The monoisotopic (exact) mass is 396 g/mol. The molecule has 4 aliphatic rings. The molecule has 0 amide bonds. The first kappa shape index (κ1) is 20.1. The lowest BCUT2D eigenvalue weighted by atomic mass is 9.83. The summed E-state index contributed by atoms with van der Waals surface area (Å²) in [4.78, 5) is 24.8. The minimum absolute atomic E-state index is 0.0311. The third-order valence-electron chi connectivity index (χ3n) is 7.22. The van der Waals surface area contributed by atoms with Crippen LogP contribution in [-0.4, -0.2) is 60.3 Å². The number of ether oxygens (including phenoxy) is 4. The van der Waals surface area contributed by atoms with Gasteiger partial charge in [0.1, 0.15) is 13.2 Å². The van der Waals surface area contributed by atoms with Crippen molar-refractivity contribution in [2.24, 2.45) is 17.3 Å². The highest BCUT2D eigenvalue weighted by molar-refractivity contribution is 5.73. The summed E-state index contributed by atoms with van der Waals surface area (Å²) in [5.41, 5.74) is -0.872. The quantitative estimate of drug-likeness (QED) is 0.519. The van der Waals surface area contributed by atoms with E-state index in [1.54, 1.807) is 6.92 Å². The van der Waals surface area contributed by atoms with Crippen LogP contribution in [0.4, 0.5) is 0 Å². The lowest BCUT2D eigenvalue weighted by Crippen LogP contribution is -2.38. The molecule has 7 nitrogen and oxygen atoms in total. The number of hydrogen-bond acceptors (Lipinski definition) is 7. The van der Waals surface area contributed by atoms with Crippen molar-refractivity contribution in [2.75, 3.05) is 19.8 Å². The zero-order valence-electron chi connectivity index (χ0n) is 17.1. The Morgan fingerprint density at radius 2 is 1.39 bits per heavy atom. The van der Waals surface area contributed by atoms with Gasteiger partial charge in [-0.15, -0.1) is 0 Å². The lowest BCUT2D eigenvalue weighted by Gasteiger charge is -2.29. The molecule has 1 N–H and O–H groups in total. The zero-order valence-corrected chi connectivity index (χ0v) is 17.1. The molecule has 0 radical (unpaired) electrons. The van der Waals surface area contributed by atoms with Crippen molar-refractivity contribution in [3.05, 3.63) is 0 Å². The Hall–Kier alpha value is -1.18. The number of epoxide rings is 2. The van der Waals surface area contributed by atoms with Crippen LogP contribution in [0.15, 0.2) is 0 Å². The van der Waals surface area contributed by atoms with Gasteiger partial charge in [0.05, 0.1) is 47.3 Å². The number of esters is 2. The Labute approximate surface area is 166 Å². The molecule has 0 aromatic rings. The van der Waals surface area contributed by atoms with E-state index >= 15 is 0 Å². The van der Waals surface area contributed by atoms with E-state index < -0.39 is 5.41 Å². The van der Waals surface area contributed by atoms with Crippen LogP contribution in [0, 0.1) is 17.3 Å². The summed E-state index contributed by atoms with van der Waals surface area (Å²) in [5, 5.41) is 9.77. The van der Waals surface area contributed by atoms with E-state index in [2.05, 4.69) is 13.8 Å². The minimum atomic E-state index is -0.802. The van der Waals surface area contributed by atoms with Crippen LogP contribution in [-0.2, 0) is 28.5 Å². The molecule has 2 saturated carbocycles. The second-order valence-electron chi connectivity index (χ2n) is 9.97. The van der Waals surface area contributed by atoms with E-state index in [1.165, 1.54) is 0 Å². The summed E-state index contributed by atoms with van der Waals surface area (Å²) in [6, 6.07) is 0. The molecule has 0 aromatic carbocycles. The molecule has 158 valence electrons. The highest BCUT2D eigenvalue weighted by Crippen LogP contribution is 2.50. The summed E-state index contributed by atoms with van der Waals surface area (Å²) in [6.45, 7) is 5.76. The van der Waals surface area contributed by atoms with Gasteiger partial charge in [0.2, 0.25) is 0 Å². The van der Waals surface area contributed by atoms with Crippen molar-refractivity contribution in [3.63, 3.8) is 0 Å². The Balaban J connectivity index is 1.21. The molecular formula is C21H32O7. The van der Waals surface area contributed by atoms with Gasteiger partial charge in [-0.3, -0.25) is 9.59 Å². The van der Waals surface area contributed by atoms with Crippen molar-refractivity contribution in [1.29, 1.82) is 0 Å². The Morgan fingerprint density at radius 3 is 1.75 bits per heavy atom. The van der Waals surface area contributed by atoms with Crippen LogP contribution in [0.5, 0.6) is 0 Å². The standard InChI is InChI=1S/C21H32O7/c1-19(10-22,11-25-17(23)13-4-6-20(2)15(8-13)27-20)12-26-18(24)14-5-7-21(3)16(9-14)28-21/h13-16,22H,4-12H2,1-3H3. The van der Waals surface area contributed by atoms with Gasteiger partial charge in [-0.25, -0.2) is 0 Å². The van der Waals surface area contributed by atoms with E-state index in [0.29, 0.717) is 12.8 Å². The van der Waals surface area contributed by atoms with Gasteiger partial charge in [-0.05, 0) is 52.4 Å². The molecule has 2 aliphatic heterocycles. The molecule has 6 unspecified atom stereocenters. The van der Waals surface area contributed by atoms with E-state index in [9.17, 15) is 14.7 Å². The number of fused-ring (bicyclic) bond motifs is 2. The van der Waals surface area contributed by atoms with Crippen molar-refractivity contribution in [1.82, 2.24) is 0 Å². The van der Waals surface area contributed by atoms with Gasteiger partial charge in [0.15, 0.2) is 0 Å². The fourth-order valence-corrected chi connectivity index (χ4v) is 4.58. The minimum Gasteiger partial charge on any atom is -0.465 e. The Bertz CT molecular complexity index is 599. The molecule has 4 fully saturated rings. The molecular weight excluding hydrogens is 364 g/mol. The van der Waals surface area contributed by atoms with Gasteiger partial charge < -0.3 is 24.1 Å². The second kappa shape index (κ2) is 6.96. The molecule has 2 aliphatic carbocycles. The maximum absolute atomic E-state index is 12.4. The maximum Gasteiger partial charge on any atom is 0.309 e. The molecule has 7 heteroatoms. The van der Waals surface area contributed by atoms with Crippen LogP contribution in [0.3, 0.4) is 0 Å². The van der Waals surface area contributed by atoms with E-state index in [-0.39, 0.29) is 67.0 Å². The van der Waals surface area contributed by atoms with Crippen molar-refractivity contribution in [3.8, 4) is 0 Å². The van der Waals surface area contributed by atoms with E-state index in [0.717, 1.165) is 25.7 Å². The Kier molecular flexibility index (Phi) is 5.00. The fourth-order valence-electron chi connectivity index (χ4n) is 4.58. The first-order valence-electron chi connectivity index (χ1n) is 10.5. The van der Waals surface area contributed by atoms with Gasteiger partial charge in [0.25, 0.3) is 0 Å². The van der Waals surface area contributed by atoms with E-state index in [1.807, 2.05) is 0 Å². The van der Waals surface area contributed by atoms with E-state index in [4.69, 9.17) is 18.9 Å². The van der Waals surface area contributed by atoms with Gasteiger partial charge in [0, 0.05) is 0 Å². The number of aliphatic hydroxyl groups excluding tert-OH is 1. The highest BCUT2D eigenvalue weighted by Gasteiger charge is 2.57. The first-order chi connectivity index (χ1) is 13.2. The topological polar surface area (TPSA) is 97.9 Å². The average Bonchev–Trinajstić information content (AvgIpc) is 3.55. The lowest BCUT2D eigenvalue weighted by molar-refractivity contribution is -0.161. The number of carbonyl (C=O) groups excluding carboxylic acids is 2. The fraction of sp³-hybridized carbons (Fsp3) is 0.905. The molecule has 4 rings (SSSR count). The first-order valence-corrected chi connectivity index (χ1v) is 10.5. The van der Waals surface area contributed by atoms with Crippen molar-refractivity contribution in [2.45, 2.75) is 82.7 Å². The average molecular weight is 396 g/mol. The van der Waals surface area contributed by atoms with Crippen LogP contribution in [0.2, 0.25) is 0 Å². The predicted octanol–water partition coefficient (Wildman–Crippen LogP) is 1.99. The van der Waals surface area contributed by atoms with Gasteiger partial charge in [-0.2, -0.15) is 0 Å². The Morgan fingerprint density at radius 1 is 0.964 bits per heavy atom. The van der Waals surface area contributed by atoms with Crippen LogP contribution in [0.1, 0.15) is 59.3 Å². The summed E-state index contributed by atoms with van der Waals surface area (Å²) in [6.07, 6.45) is 5.00. The third-order valence-corrected chi connectivity index (χ3v) is 7.22.